The van der Waals surface area contributed by atoms with Gasteiger partial charge in [-0.2, -0.15) is 0 Å². The second-order valence-corrected chi connectivity index (χ2v) is 8.78. The Morgan fingerprint density at radius 2 is 1.67 bits per heavy atom. The molecule has 1 N–H and O–H groups in total. The second-order valence-electron chi connectivity index (χ2n) is 8.78. The zero-order chi connectivity index (χ0) is 23.2. The highest BCUT2D eigenvalue weighted by Crippen LogP contribution is 2.27. The average molecular weight is 415 g/mol. The van der Waals surface area contributed by atoms with E-state index in [1.54, 1.807) is 13.8 Å². The fourth-order valence-corrected chi connectivity index (χ4v) is 3.77. The largest absolute Gasteiger partial charge is 0.507 e. The van der Waals surface area contributed by atoms with Gasteiger partial charge in [0.05, 0.1) is 5.56 Å². The van der Waals surface area contributed by atoms with Crippen LogP contribution in [0.2, 0.25) is 0 Å². The monoisotopic (exact) mass is 414 g/mol. The van der Waals surface area contributed by atoms with Crippen molar-refractivity contribution in [2.75, 3.05) is 0 Å². The molecule has 1 aromatic heterocycles. The first-order valence-corrected chi connectivity index (χ1v) is 10.8. The van der Waals surface area contributed by atoms with Crippen molar-refractivity contribution in [1.29, 1.82) is 0 Å². The summed E-state index contributed by atoms with van der Waals surface area (Å²) in [4.78, 5) is 24.5. The summed E-state index contributed by atoms with van der Waals surface area (Å²) >= 11 is 0. The summed E-state index contributed by atoms with van der Waals surface area (Å²) in [6.07, 6.45) is 8.00. The van der Waals surface area contributed by atoms with Gasteiger partial charge in [0.1, 0.15) is 11.5 Å². The lowest BCUT2D eigenvalue weighted by atomic mass is 9.88. The fourth-order valence-electron chi connectivity index (χ4n) is 3.77. The van der Waals surface area contributed by atoms with E-state index in [9.17, 15) is 14.7 Å². The molecule has 0 aliphatic carbocycles. The standard InChI is InChI=1S/C26H38O4/c1-10-15(2)12-18(5)23(27)19(6)13-16(3)11-17(4)14-20(7)25-21(8)24(28)22(9)26(29)30-25/h11,13-16,18,28H,10,12H2,1-9H3/b17-11+,19-13+,20-14+/t15-,16?,18-/m0/s1. The highest BCUT2D eigenvalue weighted by Gasteiger charge is 2.17. The third-order valence-electron chi connectivity index (χ3n) is 5.68. The topological polar surface area (TPSA) is 67.5 Å². The number of hydrogen-bond donors (Lipinski definition) is 1. The number of carbonyl (C=O) groups is 1. The van der Waals surface area contributed by atoms with Crippen LogP contribution in [0.1, 0.15) is 78.2 Å². The molecule has 0 radical (unpaired) electrons. The van der Waals surface area contributed by atoms with E-state index in [1.807, 2.05) is 46.8 Å². The van der Waals surface area contributed by atoms with Crippen LogP contribution in [0.4, 0.5) is 0 Å². The highest BCUT2D eigenvalue weighted by molar-refractivity contribution is 5.96. The summed E-state index contributed by atoms with van der Waals surface area (Å²) in [7, 11) is 0. The van der Waals surface area contributed by atoms with E-state index in [4.69, 9.17) is 4.42 Å². The SMILES string of the molecule is CC[C@H](C)C[C@H](C)C(=O)/C(C)=C/C(C)/C=C(C)/C=C(\C)c1oc(=O)c(C)c(O)c1C. The third-order valence-corrected chi connectivity index (χ3v) is 5.68. The van der Waals surface area contributed by atoms with Gasteiger partial charge >= 0.3 is 5.63 Å². The maximum Gasteiger partial charge on any atom is 0.342 e. The average Bonchev–Trinajstić information content (AvgIpc) is 2.67. The van der Waals surface area contributed by atoms with Gasteiger partial charge in [-0.1, -0.05) is 57.9 Å². The normalized spacial score (nSPS) is 16.4. The number of carbonyl (C=O) groups excluding carboxylic acids is 1. The summed E-state index contributed by atoms with van der Waals surface area (Å²) in [5, 5.41) is 10.1. The molecule has 3 atom stereocenters. The number of aromatic hydroxyl groups is 1. The maximum absolute atomic E-state index is 12.6. The van der Waals surface area contributed by atoms with Crippen molar-refractivity contribution in [3.05, 3.63) is 56.7 Å². The van der Waals surface area contributed by atoms with Gasteiger partial charge in [0.15, 0.2) is 5.78 Å². The molecule has 0 fully saturated rings. The Balaban J connectivity index is 3.02. The molecule has 0 aromatic carbocycles. The first kappa shape index (κ1) is 25.7. The first-order chi connectivity index (χ1) is 13.9. The minimum atomic E-state index is -0.528. The predicted octanol–water partition coefficient (Wildman–Crippen LogP) is 6.54. The molecule has 0 aliphatic heterocycles. The molecule has 166 valence electrons. The Hall–Kier alpha value is -2.36. The van der Waals surface area contributed by atoms with E-state index in [-0.39, 0.29) is 28.9 Å². The third kappa shape index (κ3) is 6.86. The molecule has 4 nitrogen and oxygen atoms in total. The van der Waals surface area contributed by atoms with Crippen molar-refractivity contribution in [2.24, 2.45) is 17.8 Å². The summed E-state index contributed by atoms with van der Waals surface area (Å²) in [5.74, 6) is 1.27. The molecule has 0 aliphatic rings. The van der Waals surface area contributed by atoms with Gasteiger partial charge in [-0.3, -0.25) is 4.79 Å². The second kappa shape index (κ2) is 11.1. The predicted molar refractivity (Wildman–Crippen MR) is 125 cm³/mol. The lowest BCUT2D eigenvalue weighted by Crippen LogP contribution is -2.15. The fraction of sp³-hybridized carbons (Fsp3) is 0.538. The molecule has 0 saturated carbocycles. The molecule has 0 bridgehead atoms. The van der Waals surface area contributed by atoms with Gasteiger partial charge in [0.25, 0.3) is 0 Å². The van der Waals surface area contributed by atoms with Crippen LogP contribution in [0.15, 0.2) is 38.6 Å². The Labute approximate surface area is 181 Å². The van der Waals surface area contributed by atoms with Crippen LogP contribution in [-0.2, 0) is 4.79 Å². The Morgan fingerprint density at radius 3 is 2.23 bits per heavy atom. The van der Waals surface area contributed by atoms with Crippen LogP contribution in [0.25, 0.3) is 5.57 Å². The van der Waals surface area contributed by atoms with Gasteiger partial charge < -0.3 is 9.52 Å². The van der Waals surface area contributed by atoms with E-state index in [0.717, 1.165) is 29.6 Å². The number of hydrogen-bond acceptors (Lipinski definition) is 4. The minimum absolute atomic E-state index is 0.0208. The zero-order valence-electron chi connectivity index (χ0n) is 20.1. The van der Waals surface area contributed by atoms with Crippen molar-refractivity contribution in [3.63, 3.8) is 0 Å². The Morgan fingerprint density at radius 1 is 1.07 bits per heavy atom. The molecule has 30 heavy (non-hydrogen) atoms. The van der Waals surface area contributed by atoms with E-state index >= 15 is 0 Å². The Bertz CT molecular complexity index is 912. The molecule has 0 saturated heterocycles. The van der Waals surface area contributed by atoms with Crippen molar-refractivity contribution in [1.82, 2.24) is 0 Å². The van der Waals surface area contributed by atoms with Gasteiger partial charge in [-0.25, -0.2) is 4.79 Å². The van der Waals surface area contributed by atoms with Crippen molar-refractivity contribution < 1.29 is 14.3 Å². The van der Waals surface area contributed by atoms with Crippen LogP contribution >= 0.6 is 0 Å². The summed E-state index contributed by atoms with van der Waals surface area (Å²) < 4.78 is 5.38. The van der Waals surface area contributed by atoms with E-state index in [1.165, 1.54) is 0 Å². The van der Waals surface area contributed by atoms with Crippen molar-refractivity contribution in [2.45, 2.75) is 75.2 Å². The van der Waals surface area contributed by atoms with Crippen molar-refractivity contribution in [3.8, 4) is 5.75 Å². The lowest BCUT2D eigenvalue weighted by molar-refractivity contribution is -0.119. The molecule has 0 amide bonds. The molecule has 0 spiro atoms. The molecule has 1 unspecified atom stereocenters. The van der Waals surface area contributed by atoms with Crippen LogP contribution < -0.4 is 5.63 Å². The molecule has 1 aromatic rings. The van der Waals surface area contributed by atoms with E-state index in [2.05, 4.69) is 19.9 Å². The molecule has 4 heteroatoms. The highest BCUT2D eigenvalue weighted by atomic mass is 16.4. The van der Waals surface area contributed by atoms with E-state index < -0.39 is 5.63 Å². The van der Waals surface area contributed by atoms with Crippen LogP contribution in [-0.4, -0.2) is 10.9 Å². The summed E-state index contributed by atoms with van der Waals surface area (Å²) in [6.45, 7) is 17.4. The van der Waals surface area contributed by atoms with Crippen LogP contribution in [0, 0.1) is 31.6 Å². The summed E-state index contributed by atoms with van der Waals surface area (Å²) in [5.41, 5.74) is 2.80. The van der Waals surface area contributed by atoms with Crippen molar-refractivity contribution >= 4 is 11.4 Å². The van der Waals surface area contributed by atoms with E-state index in [0.29, 0.717) is 17.2 Å². The first-order valence-electron chi connectivity index (χ1n) is 10.8. The maximum atomic E-state index is 12.6. The van der Waals surface area contributed by atoms with Crippen LogP contribution in [0.3, 0.4) is 0 Å². The minimum Gasteiger partial charge on any atom is -0.507 e. The quantitative estimate of drug-likeness (QED) is 0.368. The molecule has 1 rings (SSSR count). The number of allylic oxidation sites excluding steroid dienone is 6. The van der Waals surface area contributed by atoms with Gasteiger partial charge in [-0.15, -0.1) is 0 Å². The van der Waals surface area contributed by atoms with Gasteiger partial charge in [0.2, 0.25) is 0 Å². The smallest absolute Gasteiger partial charge is 0.342 e. The zero-order valence-corrected chi connectivity index (χ0v) is 20.1. The number of ketones is 1. The molecular formula is C26H38O4. The number of rotatable bonds is 9. The number of Topliss-reactive ketones (excluding diaryl/α,β-unsaturated/α-hetero) is 1. The molecular weight excluding hydrogens is 376 g/mol. The lowest BCUT2D eigenvalue weighted by Gasteiger charge is -2.15. The van der Waals surface area contributed by atoms with Gasteiger partial charge in [-0.05, 0) is 64.0 Å². The summed E-state index contributed by atoms with van der Waals surface area (Å²) in [6, 6.07) is 0. The van der Waals surface area contributed by atoms with Gasteiger partial charge in [0, 0.05) is 11.5 Å². The van der Waals surface area contributed by atoms with Crippen LogP contribution in [0.5, 0.6) is 5.75 Å². The molecule has 1 heterocycles. The Kier molecular flexibility index (Phi) is 9.54.